The Morgan fingerprint density at radius 3 is 2.19 bits per heavy atom. The SMILES string of the molecule is CCN(CC)c1ccc(C2(c3c(-c4ccccc4)[nH]c4ccccc34)OC(=O)c3ccccc32)cc1. The van der Waals surface area contributed by atoms with E-state index in [4.69, 9.17) is 4.74 Å². The Balaban J connectivity index is 1.69. The number of benzene rings is 4. The summed E-state index contributed by atoms with van der Waals surface area (Å²) in [5.74, 6) is -0.303. The van der Waals surface area contributed by atoms with Crippen LogP contribution in [-0.2, 0) is 10.3 Å². The van der Waals surface area contributed by atoms with Gasteiger partial charge in [0.1, 0.15) is 0 Å². The largest absolute Gasteiger partial charge is 0.440 e. The molecule has 0 amide bonds. The molecule has 1 unspecified atom stereocenters. The number of para-hydroxylation sites is 1. The second kappa shape index (κ2) is 8.72. The number of aromatic nitrogens is 1. The fourth-order valence-corrected chi connectivity index (χ4v) is 5.59. The number of carbonyl (C=O) groups is 1. The van der Waals surface area contributed by atoms with E-state index >= 15 is 0 Å². The molecule has 0 saturated heterocycles. The summed E-state index contributed by atoms with van der Waals surface area (Å²) < 4.78 is 6.50. The van der Waals surface area contributed by atoms with E-state index in [1.807, 2.05) is 54.6 Å². The summed E-state index contributed by atoms with van der Waals surface area (Å²) in [6, 6.07) is 34.8. The van der Waals surface area contributed by atoms with Crippen LogP contribution >= 0.6 is 0 Å². The molecule has 1 atom stereocenters. The van der Waals surface area contributed by atoms with Gasteiger partial charge in [0.15, 0.2) is 5.60 Å². The molecule has 1 N–H and O–H groups in total. The molecular weight excluding hydrogens is 444 g/mol. The van der Waals surface area contributed by atoms with Crippen LogP contribution in [0.2, 0.25) is 0 Å². The van der Waals surface area contributed by atoms with E-state index in [-0.39, 0.29) is 5.97 Å². The van der Waals surface area contributed by atoms with Crippen LogP contribution in [0.25, 0.3) is 22.2 Å². The summed E-state index contributed by atoms with van der Waals surface area (Å²) in [6.07, 6.45) is 0. The van der Waals surface area contributed by atoms with Gasteiger partial charge in [-0.3, -0.25) is 0 Å². The first-order valence-corrected chi connectivity index (χ1v) is 12.5. The zero-order chi connectivity index (χ0) is 24.7. The van der Waals surface area contributed by atoms with Crippen LogP contribution < -0.4 is 4.90 Å². The smallest absolute Gasteiger partial charge is 0.340 e. The number of hydrogen-bond acceptors (Lipinski definition) is 3. The van der Waals surface area contributed by atoms with Gasteiger partial charge in [-0.15, -0.1) is 0 Å². The van der Waals surface area contributed by atoms with Gasteiger partial charge in [0.05, 0.1) is 11.3 Å². The van der Waals surface area contributed by atoms with Crippen LogP contribution in [0.1, 0.15) is 40.9 Å². The Labute approximate surface area is 211 Å². The van der Waals surface area contributed by atoms with Gasteiger partial charge in [0, 0.05) is 46.4 Å². The molecule has 0 bridgehead atoms. The molecule has 36 heavy (non-hydrogen) atoms. The van der Waals surface area contributed by atoms with E-state index in [1.165, 1.54) is 0 Å². The maximum absolute atomic E-state index is 13.4. The maximum Gasteiger partial charge on any atom is 0.340 e. The van der Waals surface area contributed by atoms with Crippen LogP contribution in [-0.4, -0.2) is 24.0 Å². The number of ether oxygens (including phenoxy) is 1. The number of fused-ring (bicyclic) bond motifs is 2. The van der Waals surface area contributed by atoms with E-state index in [2.05, 4.69) is 72.3 Å². The first kappa shape index (κ1) is 22.2. The van der Waals surface area contributed by atoms with Crippen LogP contribution in [0.5, 0.6) is 0 Å². The van der Waals surface area contributed by atoms with Gasteiger partial charge in [0.25, 0.3) is 0 Å². The molecule has 6 rings (SSSR count). The third kappa shape index (κ3) is 3.25. The third-order valence-electron chi connectivity index (χ3n) is 7.30. The molecular formula is C32H28N2O2. The van der Waals surface area contributed by atoms with E-state index < -0.39 is 5.60 Å². The standard InChI is InChI=1S/C32H28N2O2/c1-3-34(4-2)24-20-18-23(19-21-24)32(27-16-10-8-14-25(27)31(35)36-32)29-26-15-9-11-17-28(26)33-30(29)22-12-6-5-7-13-22/h5-21,33H,3-4H2,1-2H3. The molecule has 0 aliphatic carbocycles. The molecule has 4 aromatic carbocycles. The Kier molecular flexibility index (Phi) is 5.37. The van der Waals surface area contributed by atoms with Gasteiger partial charge in [-0.2, -0.15) is 0 Å². The Hall–Kier alpha value is -4.31. The summed E-state index contributed by atoms with van der Waals surface area (Å²) in [6.45, 7) is 6.18. The van der Waals surface area contributed by atoms with Gasteiger partial charge in [0.2, 0.25) is 0 Å². The lowest BCUT2D eigenvalue weighted by molar-refractivity contribution is 0.0257. The van der Waals surface area contributed by atoms with Crippen molar-refractivity contribution in [2.75, 3.05) is 18.0 Å². The number of aromatic amines is 1. The number of cyclic esters (lactones) is 1. The van der Waals surface area contributed by atoms with Crippen LogP contribution in [0, 0.1) is 0 Å². The highest BCUT2D eigenvalue weighted by atomic mass is 16.6. The van der Waals surface area contributed by atoms with Crippen molar-refractivity contribution < 1.29 is 9.53 Å². The Morgan fingerprint density at radius 1 is 0.778 bits per heavy atom. The molecule has 0 saturated carbocycles. The van der Waals surface area contributed by atoms with Crippen molar-refractivity contribution in [3.05, 3.63) is 125 Å². The van der Waals surface area contributed by atoms with Crippen molar-refractivity contribution in [2.24, 2.45) is 0 Å². The zero-order valence-electron chi connectivity index (χ0n) is 20.5. The zero-order valence-corrected chi connectivity index (χ0v) is 20.5. The minimum atomic E-state index is -1.08. The van der Waals surface area contributed by atoms with Crippen molar-refractivity contribution in [2.45, 2.75) is 19.4 Å². The van der Waals surface area contributed by atoms with E-state index in [1.54, 1.807) is 0 Å². The number of nitrogens with one attached hydrogen (secondary N) is 1. The van der Waals surface area contributed by atoms with Gasteiger partial charge in [-0.05, 0) is 43.7 Å². The highest BCUT2D eigenvalue weighted by Crippen LogP contribution is 2.52. The lowest BCUT2D eigenvalue weighted by atomic mass is 9.77. The summed E-state index contributed by atoms with van der Waals surface area (Å²) in [5, 5.41) is 1.04. The number of carbonyl (C=O) groups excluding carboxylic acids is 1. The number of esters is 1. The second-order valence-corrected chi connectivity index (χ2v) is 9.12. The summed E-state index contributed by atoms with van der Waals surface area (Å²) >= 11 is 0. The van der Waals surface area contributed by atoms with E-state index in [0.29, 0.717) is 5.56 Å². The topological polar surface area (TPSA) is 45.3 Å². The average Bonchev–Trinajstić information content (AvgIpc) is 3.47. The molecule has 2 heterocycles. The summed E-state index contributed by atoms with van der Waals surface area (Å²) in [4.78, 5) is 19.3. The fourth-order valence-electron chi connectivity index (χ4n) is 5.59. The summed E-state index contributed by atoms with van der Waals surface area (Å²) in [5.41, 5.74) is 6.43. The van der Waals surface area contributed by atoms with Crippen molar-refractivity contribution in [1.29, 1.82) is 0 Å². The first-order valence-electron chi connectivity index (χ1n) is 12.5. The second-order valence-electron chi connectivity index (χ2n) is 9.12. The van der Waals surface area contributed by atoms with E-state index in [0.717, 1.165) is 57.6 Å². The number of anilines is 1. The predicted octanol–water partition coefficient (Wildman–Crippen LogP) is 7.14. The average molecular weight is 473 g/mol. The van der Waals surface area contributed by atoms with E-state index in [9.17, 15) is 4.79 Å². The number of nitrogens with zero attached hydrogens (tertiary/aromatic N) is 1. The fraction of sp³-hybridized carbons (Fsp3) is 0.156. The molecule has 0 radical (unpaired) electrons. The highest BCUT2D eigenvalue weighted by molar-refractivity contribution is 6.00. The van der Waals surface area contributed by atoms with Crippen molar-refractivity contribution in [1.82, 2.24) is 4.98 Å². The monoisotopic (exact) mass is 472 g/mol. The third-order valence-corrected chi connectivity index (χ3v) is 7.30. The lowest BCUT2D eigenvalue weighted by Gasteiger charge is -2.32. The Bertz CT molecular complexity index is 1550. The first-order chi connectivity index (χ1) is 17.7. The maximum atomic E-state index is 13.4. The van der Waals surface area contributed by atoms with Gasteiger partial charge < -0.3 is 14.6 Å². The highest BCUT2D eigenvalue weighted by Gasteiger charge is 2.51. The minimum absolute atomic E-state index is 0.303. The van der Waals surface area contributed by atoms with Crippen molar-refractivity contribution in [3.8, 4) is 11.3 Å². The molecule has 1 aliphatic rings. The van der Waals surface area contributed by atoms with Gasteiger partial charge >= 0.3 is 5.97 Å². The summed E-state index contributed by atoms with van der Waals surface area (Å²) in [7, 11) is 0. The lowest BCUT2D eigenvalue weighted by Crippen LogP contribution is -2.30. The predicted molar refractivity (Wildman–Crippen MR) is 145 cm³/mol. The van der Waals surface area contributed by atoms with Crippen LogP contribution in [0.3, 0.4) is 0 Å². The molecule has 1 aliphatic heterocycles. The van der Waals surface area contributed by atoms with Crippen LogP contribution in [0.15, 0.2) is 103 Å². The number of hydrogen-bond donors (Lipinski definition) is 1. The van der Waals surface area contributed by atoms with Crippen molar-refractivity contribution in [3.63, 3.8) is 0 Å². The minimum Gasteiger partial charge on any atom is -0.440 e. The molecule has 4 heteroatoms. The quantitative estimate of drug-likeness (QED) is 0.267. The molecule has 178 valence electrons. The van der Waals surface area contributed by atoms with Gasteiger partial charge in [-0.1, -0.05) is 78.9 Å². The molecule has 4 nitrogen and oxygen atoms in total. The van der Waals surface area contributed by atoms with Crippen molar-refractivity contribution >= 4 is 22.6 Å². The number of H-pyrrole nitrogens is 1. The molecule has 1 aromatic heterocycles. The normalized spacial score (nSPS) is 16.7. The number of rotatable bonds is 6. The molecule has 0 spiro atoms. The molecule has 5 aromatic rings. The van der Waals surface area contributed by atoms with Crippen LogP contribution in [0.4, 0.5) is 5.69 Å². The molecule has 0 fully saturated rings. The Morgan fingerprint density at radius 2 is 1.44 bits per heavy atom. The van der Waals surface area contributed by atoms with Gasteiger partial charge in [-0.25, -0.2) is 4.79 Å².